The van der Waals surface area contributed by atoms with Crippen molar-refractivity contribution >= 4 is 29.8 Å². The van der Waals surface area contributed by atoms with E-state index in [0.717, 1.165) is 11.1 Å². The molecule has 0 fully saturated rings. The van der Waals surface area contributed by atoms with Crippen molar-refractivity contribution in [1.29, 1.82) is 0 Å². The van der Waals surface area contributed by atoms with Crippen molar-refractivity contribution < 1.29 is 33.4 Å². The predicted octanol–water partition coefficient (Wildman–Crippen LogP) is 2.92. The molecule has 232 valence electrons. The predicted molar refractivity (Wildman–Crippen MR) is 161 cm³/mol. The smallest absolute Gasteiger partial charge is 0.408 e. The zero-order chi connectivity index (χ0) is 31.6. The van der Waals surface area contributed by atoms with E-state index in [-0.39, 0.29) is 38.4 Å². The van der Waals surface area contributed by atoms with Gasteiger partial charge in [-0.25, -0.2) is 9.59 Å². The monoisotopic (exact) mass is 594 g/mol. The number of hydrogen-bond acceptors (Lipinski definition) is 7. The minimum atomic E-state index is -1.05. The highest BCUT2D eigenvalue weighted by Crippen LogP contribution is 2.12. The summed E-state index contributed by atoms with van der Waals surface area (Å²) in [6.45, 7) is 5.58. The lowest BCUT2D eigenvalue weighted by molar-refractivity contribution is -0.137. The van der Waals surface area contributed by atoms with Crippen molar-refractivity contribution in [3.8, 4) is 0 Å². The Labute approximate surface area is 252 Å². The van der Waals surface area contributed by atoms with Gasteiger partial charge in [-0.2, -0.15) is 0 Å². The molecule has 0 unspecified atom stereocenters. The molecule has 0 radical (unpaired) electrons. The maximum absolute atomic E-state index is 13.5. The minimum absolute atomic E-state index is 0.0343. The van der Waals surface area contributed by atoms with E-state index >= 15 is 0 Å². The number of ether oxygens (including phenoxy) is 2. The molecule has 4 atom stereocenters. The third kappa shape index (κ3) is 13.2. The zero-order valence-corrected chi connectivity index (χ0v) is 24.9. The third-order valence-electron chi connectivity index (χ3n) is 6.68. The van der Waals surface area contributed by atoms with Gasteiger partial charge in [-0.05, 0) is 30.4 Å². The summed E-state index contributed by atoms with van der Waals surface area (Å²) in [4.78, 5) is 63.0. The van der Waals surface area contributed by atoms with E-state index in [1.54, 1.807) is 6.92 Å². The van der Waals surface area contributed by atoms with Gasteiger partial charge in [0.2, 0.25) is 17.7 Å². The van der Waals surface area contributed by atoms with Crippen LogP contribution in [0.2, 0.25) is 0 Å². The van der Waals surface area contributed by atoms with Crippen LogP contribution in [0, 0.1) is 5.92 Å². The molecule has 2 rings (SSSR count). The number of benzene rings is 2. The van der Waals surface area contributed by atoms with E-state index < -0.39 is 47.9 Å². The maximum Gasteiger partial charge on any atom is 0.408 e. The highest BCUT2D eigenvalue weighted by molar-refractivity contribution is 5.92. The van der Waals surface area contributed by atoms with Crippen LogP contribution in [-0.4, -0.2) is 54.5 Å². The van der Waals surface area contributed by atoms with Crippen molar-refractivity contribution in [3.63, 3.8) is 0 Å². The van der Waals surface area contributed by atoms with Gasteiger partial charge >= 0.3 is 12.1 Å². The Bertz CT molecular complexity index is 1220. The second kappa shape index (κ2) is 18.7. The minimum Gasteiger partial charge on any atom is -0.463 e. The normalized spacial score (nSPS) is 13.7. The van der Waals surface area contributed by atoms with Gasteiger partial charge in [-0.3, -0.25) is 14.4 Å². The fraction of sp³-hybridized carbons (Fsp3) is 0.406. The van der Waals surface area contributed by atoms with Crippen LogP contribution in [0.3, 0.4) is 0 Å². The molecule has 0 aliphatic heterocycles. The zero-order valence-electron chi connectivity index (χ0n) is 24.9. The standard InChI is InChI=1S/C32H42N4O7/c1-4-22(3)29(36-32(41)43-21-24-14-10-7-11-15-24)31(40)35-26(20-23-12-8-6-9-13-23)30(39)34-25(16-18-27(33)37)17-19-28(38)42-5-2/h6-15,17,19,22,25-26,29H,4-5,16,18,20-21H2,1-3H3,(H2,33,37)(H,34,39)(H,35,40)(H,36,41)/b19-17+/t22-,25-,26-,29-/m0/s1. The van der Waals surface area contributed by atoms with Gasteiger partial charge in [0.1, 0.15) is 18.7 Å². The molecule has 2 aromatic rings. The number of amides is 4. The van der Waals surface area contributed by atoms with E-state index in [4.69, 9.17) is 15.2 Å². The van der Waals surface area contributed by atoms with Crippen LogP contribution in [0.15, 0.2) is 72.8 Å². The summed E-state index contributed by atoms with van der Waals surface area (Å²) < 4.78 is 10.2. The van der Waals surface area contributed by atoms with E-state index in [9.17, 15) is 24.0 Å². The Kier molecular flexibility index (Phi) is 15.0. The average Bonchev–Trinajstić information content (AvgIpc) is 3.00. The summed E-state index contributed by atoms with van der Waals surface area (Å²) in [5, 5.41) is 8.22. The summed E-state index contributed by atoms with van der Waals surface area (Å²) in [6.07, 6.45) is 2.64. The fourth-order valence-corrected chi connectivity index (χ4v) is 4.10. The summed E-state index contributed by atoms with van der Waals surface area (Å²) in [6, 6.07) is 15.5. The van der Waals surface area contributed by atoms with Crippen LogP contribution in [0.4, 0.5) is 4.79 Å². The summed E-state index contributed by atoms with van der Waals surface area (Å²) >= 11 is 0. The van der Waals surface area contributed by atoms with Crippen molar-refractivity contribution in [3.05, 3.63) is 83.9 Å². The van der Waals surface area contributed by atoms with Crippen molar-refractivity contribution in [2.45, 2.75) is 71.2 Å². The number of carbonyl (C=O) groups excluding carboxylic acids is 5. The number of hydrogen-bond donors (Lipinski definition) is 4. The molecule has 0 saturated carbocycles. The number of rotatable bonds is 17. The molecular formula is C32H42N4O7. The van der Waals surface area contributed by atoms with Gasteiger partial charge in [0.05, 0.1) is 6.61 Å². The van der Waals surface area contributed by atoms with Crippen LogP contribution in [-0.2, 0) is 41.7 Å². The summed E-state index contributed by atoms with van der Waals surface area (Å²) in [5.74, 6) is -2.55. The summed E-state index contributed by atoms with van der Waals surface area (Å²) in [7, 11) is 0. The third-order valence-corrected chi connectivity index (χ3v) is 6.68. The number of esters is 1. The molecule has 2 aromatic carbocycles. The second-order valence-corrected chi connectivity index (χ2v) is 10.1. The van der Waals surface area contributed by atoms with E-state index in [0.29, 0.717) is 6.42 Å². The average molecular weight is 595 g/mol. The van der Waals surface area contributed by atoms with Gasteiger partial charge in [-0.1, -0.05) is 87.0 Å². The largest absolute Gasteiger partial charge is 0.463 e. The maximum atomic E-state index is 13.5. The Morgan fingerprint density at radius 1 is 0.837 bits per heavy atom. The van der Waals surface area contributed by atoms with E-state index in [2.05, 4.69) is 16.0 Å². The highest BCUT2D eigenvalue weighted by atomic mass is 16.5. The van der Waals surface area contributed by atoms with Crippen LogP contribution < -0.4 is 21.7 Å². The molecule has 4 amide bonds. The van der Waals surface area contributed by atoms with Gasteiger partial charge in [0, 0.05) is 25.0 Å². The Morgan fingerprint density at radius 2 is 1.47 bits per heavy atom. The number of carbonyl (C=O) groups is 5. The number of primary amides is 1. The van der Waals surface area contributed by atoms with Crippen molar-refractivity contribution in [2.24, 2.45) is 11.7 Å². The molecule has 5 N–H and O–H groups in total. The number of nitrogens with one attached hydrogen (secondary N) is 3. The molecule has 0 spiro atoms. The van der Waals surface area contributed by atoms with Crippen molar-refractivity contribution in [2.75, 3.05) is 6.61 Å². The van der Waals surface area contributed by atoms with Gasteiger partial charge in [0.25, 0.3) is 0 Å². The molecule has 11 nitrogen and oxygen atoms in total. The Balaban J connectivity index is 2.22. The van der Waals surface area contributed by atoms with Gasteiger partial charge in [-0.15, -0.1) is 0 Å². The first-order valence-electron chi connectivity index (χ1n) is 14.4. The van der Waals surface area contributed by atoms with E-state index in [1.165, 1.54) is 12.2 Å². The molecule has 0 aliphatic rings. The van der Waals surface area contributed by atoms with Crippen LogP contribution in [0.5, 0.6) is 0 Å². The first kappa shape index (κ1) is 34.5. The number of nitrogens with two attached hydrogens (primary N) is 1. The van der Waals surface area contributed by atoms with Gasteiger partial charge in [0.15, 0.2) is 0 Å². The first-order valence-corrected chi connectivity index (χ1v) is 14.4. The molecule has 0 aliphatic carbocycles. The first-order chi connectivity index (χ1) is 20.6. The molecule has 43 heavy (non-hydrogen) atoms. The number of alkyl carbamates (subject to hydrolysis) is 1. The molecule has 0 heterocycles. The Hall–Kier alpha value is -4.67. The lowest BCUT2D eigenvalue weighted by Gasteiger charge is -2.27. The molecule has 11 heteroatoms. The highest BCUT2D eigenvalue weighted by Gasteiger charge is 2.31. The molecular weight excluding hydrogens is 552 g/mol. The van der Waals surface area contributed by atoms with Crippen LogP contribution in [0.25, 0.3) is 0 Å². The molecule has 0 aromatic heterocycles. The summed E-state index contributed by atoms with van der Waals surface area (Å²) in [5.41, 5.74) is 6.89. The Morgan fingerprint density at radius 3 is 2.05 bits per heavy atom. The lowest BCUT2D eigenvalue weighted by Crippen LogP contribution is -2.57. The van der Waals surface area contributed by atoms with Gasteiger partial charge < -0.3 is 31.2 Å². The van der Waals surface area contributed by atoms with Crippen molar-refractivity contribution in [1.82, 2.24) is 16.0 Å². The SMILES string of the molecule is CCOC(=O)/C=C/[C@H](CCC(N)=O)NC(=O)[C@H](Cc1ccccc1)NC(=O)[C@@H](NC(=O)OCc1ccccc1)[C@@H](C)CC. The van der Waals surface area contributed by atoms with Crippen LogP contribution >= 0.6 is 0 Å². The molecule has 0 saturated heterocycles. The molecule has 0 bridgehead atoms. The quantitative estimate of drug-likeness (QED) is 0.161. The van der Waals surface area contributed by atoms with E-state index in [1.807, 2.05) is 74.5 Å². The topological polar surface area (TPSA) is 166 Å². The second-order valence-electron chi connectivity index (χ2n) is 10.1. The van der Waals surface area contributed by atoms with Crippen LogP contribution in [0.1, 0.15) is 51.2 Å². The lowest BCUT2D eigenvalue weighted by atomic mass is 9.97. The fourth-order valence-electron chi connectivity index (χ4n) is 4.10.